The first-order chi connectivity index (χ1) is 17.5. The zero-order valence-corrected chi connectivity index (χ0v) is 22.5. The normalized spacial score (nSPS) is 9.36. The lowest BCUT2D eigenvalue weighted by Gasteiger charge is -2.00. The summed E-state index contributed by atoms with van der Waals surface area (Å²) in [5, 5.41) is 0. The van der Waals surface area contributed by atoms with Crippen molar-refractivity contribution in [1.82, 2.24) is 0 Å². The van der Waals surface area contributed by atoms with Crippen molar-refractivity contribution in [2.75, 3.05) is 0 Å². The van der Waals surface area contributed by atoms with Crippen LogP contribution in [-0.4, -0.2) is 0 Å². The lowest BCUT2D eigenvalue weighted by molar-refractivity contribution is 1.09. The van der Waals surface area contributed by atoms with Gasteiger partial charge in [0.2, 0.25) is 0 Å². The average molecular weight is 473 g/mol. The molecule has 0 aromatic heterocycles. The maximum Gasteiger partial charge on any atom is -0.0184 e. The van der Waals surface area contributed by atoms with Crippen LogP contribution in [0.25, 0.3) is 22.3 Å². The Hall–Kier alpha value is -3.90. The monoisotopic (exact) mass is 472 g/mol. The Labute approximate surface area is 219 Å². The Balaban J connectivity index is 0.000000187. The van der Waals surface area contributed by atoms with Gasteiger partial charge in [0.1, 0.15) is 0 Å². The molecule has 0 bridgehead atoms. The third kappa shape index (κ3) is 11.0. The number of benzene rings is 5. The van der Waals surface area contributed by atoms with E-state index in [1.54, 1.807) is 0 Å². The standard InChI is InChI=1S/2C13H12.C7H8.C3H8/c2*1-11-7-9-13(10-8-11)12-5-3-2-4-6-12;1-7-5-3-2-4-6-7;1-3-2/h2*2-10H,1H3;2-6H,1H3;3H2,1-2H3. The lowest BCUT2D eigenvalue weighted by Crippen LogP contribution is -1.76. The Morgan fingerprint density at radius 3 is 0.778 bits per heavy atom. The highest BCUT2D eigenvalue weighted by atomic mass is 14.0. The third-order valence-electron chi connectivity index (χ3n) is 5.26. The van der Waals surface area contributed by atoms with Crippen LogP contribution in [0.4, 0.5) is 0 Å². The van der Waals surface area contributed by atoms with Crippen molar-refractivity contribution < 1.29 is 0 Å². The minimum absolute atomic E-state index is 1.25. The first kappa shape index (κ1) is 28.3. The van der Waals surface area contributed by atoms with E-state index in [4.69, 9.17) is 0 Å². The molecule has 36 heavy (non-hydrogen) atoms. The van der Waals surface area contributed by atoms with Crippen LogP contribution < -0.4 is 0 Å². The summed E-state index contributed by atoms with van der Waals surface area (Å²) >= 11 is 0. The molecule has 5 aromatic rings. The fourth-order valence-electron chi connectivity index (χ4n) is 3.29. The van der Waals surface area contributed by atoms with E-state index in [1.807, 2.05) is 30.3 Å². The van der Waals surface area contributed by atoms with Crippen LogP contribution in [0.5, 0.6) is 0 Å². The summed E-state index contributed by atoms with van der Waals surface area (Å²) in [5.74, 6) is 0. The summed E-state index contributed by atoms with van der Waals surface area (Å²) in [6.45, 7) is 10.5. The van der Waals surface area contributed by atoms with Crippen LogP contribution in [0.15, 0.2) is 140 Å². The fraction of sp³-hybridized carbons (Fsp3) is 0.167. The van der Waals surface area contributed by atoms with Crippen molar-refractivity contribution in [2.45, 2.75) is 41.0 Å². The Bertz CT molecular complexity index is 1110. The summed E-state index contributed by atoms with van der Waals surface area (Å²) in [6.07, 6.45) is 1.25. The first-order valence-corrected chi connectivity index (χ1v) is 12.8. The predicted molar refractivity (Wildman–Crippen MR) is 160 cm³/mol. The van der Waals surface area contributed by atoms with E-state index >= 15 is 0 Å². The van der Waals surface area contributed by atoms with Crippen LogP contribution in [0, 0.1) is 20.8 Å². The highest BCUT2D eigenvalue weighted by Gasteiger charge is 1.94. The third-order valence-corrected chi connectivity index (χ3v) is 5.26. The van der Waals surface area contributed by atoms with Crippen LogP contribution in [0.2, 0.25) is 0 Å². The van der Waals surface area contributed by atoms with Gasteiger partial charge < -0.3 is 0 Å². The second-order valence-corrected chi connectivity index (χ2v) is 8.83. The molecule has 0 saturated heterocycles. The molecule has 5 rings (SSSR count). The maximum absolute atomic E-state index is 2.16. The minimum Gasteiger partial charge on any atom is -0.0656 e. The molecule has 0 atom stereocenters. The van der Waals surface area contributed by atoms with Gasteiger partial charge in [0, 0.05) is 0 Å². The van der Waals surface area contributed by atoms with Crippen molar-refractivity contribution in [1.29, 1.82) is 0 Å². The summed E-state index contributed by atoms with van der Waals surface area (Å²) in [7, 11) is 0. The van der Waals surface area contributed by atoms with Crippen LogP contribution in [0.1, 0.15) is 37.0 Å². The van der Waals surface area contributed by atoms with Crippen LogP contribution >= 0.6 is 0 Å². The molecular weight excluding hydrogens is 432 g/mol. The molecule has 0 amide bonds. The molecule has 0 heteroatoms. The summed E-state index contributed by atoms with van der Waals surface area (Å²) in [5.41, 5.74) is 9.06. The molecule has 0 heterocycles. The molecule has 0 radical (unpaired) electrons. The topological polar surface area (TPSA) is 0 Å². The lowest BCUT2D eigenvalue weighted by atomic mass is 10.0. The van der Waals surface area contributed by atoms with Gasteiger partial charge in [-0.3, -0.25) is 0 Å². The van der Waals surface area contributed by atoms with E-state index in [2.05, 4.69) is 144 Å². The van der Waals surface area contributed by atoms with Gasteiger partial charge in [-0.1, -0.05) is 176 Å². The van der Waals surface area contributed by atoms with Crippen molar-refractivity contribution in [3.63, 3.8) is 0 Å². The Morgan fingerprint density at radius 1 is 0.306 bits per heavy atom. The van der Waals surface area contributed by atoms with Crippen molar-refractivity contribution >= 4 is 0 Å². The summed E-state index contributed by atoms with van der Waals surface area (Å²) < 4.78 is 0. The molecule has 184 valence electrons. The molecule has 0 saturated carbocycles. The summed E-state index contributed by atoms with van der Waals surface area (Å²) in [6, 6.07) is 48.3. The second-order valence-electron chi connectivity index (χ2n) is 8.83. The van der Waals surface area contributed by atoms with Gasteiger partial charge in [-0.05, 0) is 43.0 Å². The number of aryl methyl sites for hydroxylation is 3. The smallest absolute Gasteiger partial charge is 0.0184 e. The molecule has 0 aliphatic heterocycles. The summed E-state index contributed by atoms with van der Waals surface area (Å²) in [4.78, 5) is 0. The van der Waals surface area contributed by atoms with Gasteiger partial charge in [-0.15, -0.1) is 0 Å². The average Bonchev–Trinajstić information content (AvgIpc) is 2.92. The molecule has 0 unspecified atom stereocenters. The molecule has 0 fully saturated rings. The van der Waals surface area contributed by atoms with Gasteiger partial charge >= 0.3 is 0 Å². The largest absolute Gasteiger partial charge is 0.0656 e. The molecule has 0 aliphatic rings. The molecular formula is C36H40. The predicted octanol–water partition coefficient (Wildman–Crippen LogP) is 10.7. The van der Waals surface area contributed by atoms with Gasteiger partial charge in [-0.2, -0.15) is 0 Å². The van der Waals surface area contributed by atoms with Gasteiger partial charge in [0.15, 0.2) is 0 Å². The Kier molecular flexibility index (Phi) is 13.1. The van der Waals surface area contributed by atoms with Crippen molar-refractivity contribution in [3.8, 4) is 22.3 Å². The second kappa shape index (κ2) is 16.7. The van der Waals surface area contributed by atoms with Crippen molar-refractivity contribution in [2.24, 2.45) is 0 Å². The maximum atomic E-state index is 2.16. The van der Waals surface area contributed by atoms with E-state index in [-0.39, 0.29) is 0 Å². The Morgan fingerprint density at radius 2 is 0.528 bits per heavy atom. The molecule has 0 aliphatic carbocycles. The molecule has 0 spiro atoms. The highest BCUT2D eigenvalue weighted by Crippen LogP contribution is 2.19. The zero-order chi connectivity index (χ0) is 26.0. The quantitative estimate of drug-likeness (QED) is 0.240. The van der Waals surface area contributed by atoms with Crippen LogP contribution in [-0.2, 0) is 0 Å². The number of rotatable bonds is 2. The van der Waals surface area contributed by atoms with E-state index < -0.39 is 0 Å². The molecule has 5 aromatic carbocycles. The van der Waals surface area contributed by atoms with Gasteiger partial charge in [-0.25, -0.2) is 0 Å². The highest BCUT2D eigenvalue weighted by molar-refractivity contribution is 5.64. The van der Waals surface area contributed by atoms with E-state index in [1.165, 1.54) is 45.4 Å². The van der Waals surface area contributed by atoms with Gasteiger partial charge in [0.05, 0.1) is 0 Å². The fourth-order valence-corrected chi connectivity index (χ4v) is 3.29. The van der Waals surface area contributed by atoms with Crippen LogP contribution in [0.3, 0.4) is 0 Å². The van der Waals surface area contributed by atoms with E-state index in [0.717, 1.165) is 0 Å². The van der Waals surface area contributed by atoms with E-state index in [9.17, 15) is 0 Å². The SMILES string of the molecule is CCC.Cc1ccc(-c2ccccc2)cc1.Cc1ccc(-c2ccccc2)cc1.Cc1ccccc1. The molecule has 0 nitrogen and oxygen atoms in total. The number of hydrogen-bond donors (Lipinski definition) is 0. The number of hydrogen-bond acceptors (Lipinski definition) is 0. The van der Waals surface area contributed by atoms with Crippen molar-refractivity contribution in [3.05, 3.63) is 156 Å². The first-order valence-electron chi connectivity index (χ1n) is 12.8. The minimum atomic E-state index is 1.25. The van der Waals surface area contributed by atoms with E-state index in [0.29, 0.717) is 0 Å². The molecule has 0 N–H and O–H groups in total. The zero-order valence-electron chi connectivity index (χ0n) is 22.5. The van der Waals surface area contributed by atoms with Gasteiger partial charge in [0.25, 0.3) is 0 Å².